The Morgan fingerprint density at radius 1 is 1.05 bits per heavy atom. The van der Waals surface area contributed by atoms with E-state index < -0.39 is 0 Å². The SMILES string of the molecule is CC1CCC(N2CCN(c3ccc(N)nc3)CC2)CC1. The van der Waals surface area contributed by atoms with Crippen molar-refractivity contribution in [2.45, 2.75) is 38.6 Å². The van der Waals surface area contributed by atoms with Gasteiger partial charge in [-0.25, -0.2) is 4.98 Å². The van der Waals surface area contributed by atoms with Gasteiger partial charge in [0, 0.05) is 32.2 Å². The molecule has 1 saturated heterocycles. The Kier molecular flexibility index (Phi) is 4.10. The summed E-state index contributed by atoms with van der Waals surface area (Å²) < 4.78 is 0. The Morgan fingerprint density at radius 2 is 1.75 bits per heavy atom. The zero-order valence-electron chi connectivity index (χ0n) is 12.5. The van der Waals surface area contributed by atoms with Crippen molar-refractivity contribution in [1.29, 1.82) is 0 Å². The summed E-state index contributed by atoms with van der Waals surface area (Å²) in [7, 11) is 0. The first-order valence-electron chi connectivity index (χ1n) is 7.93. The van der Waals surface area contributed by atoms with Crippen LogP contribution in [-0.2, 0) is 0 Å². The van der Waals surface area contributed by atoms with Gasteiger partial charge in [-0.1, -0.05) is 6.92 Å². The van der Waals surface area contributed by atoms with Crippen molar-refractivity contribution < 1.29 is 0 Å². The number of hydrogen-bond donors (Lipinski definition) is 1. The molecule has 2 aliphatic rings. The van der Waals surface area contributed by atoms with Crippen molar-refractivity contribution in [1.82, 2.24) is 9.88 Å². The van der Waals surface area contributed by atoms with Gasteiger partial charge in [0.1, 0.15) is 5.82 Å². The summed E-state index contributed by atoms with van der Waals surface area (Å²) in [6.07, 6.45) is 7.50. The average Bonchev–Trinajstić information content (AvgIpc) is 2.49. The molecule has 0 radical (unpaired) electrons. The molecule has 0 spiro atoms. The fourth-order valence-electron chi connectivity index (χ4n) is 3.54. The van der Waals surface area contributed by atoms with Crippen LogP contribution in [0.5, 0.6) is 0 Å². The van der Waals surface area contributed by atoms with Gasteiger partial charge in [-0.2, -0.15) is 0 Å². The fourth-order valence-corrected chi connectivity index (χ4v) is 3.54. The van der Waals surface area contributed by atoms with Crippen molar-refractivity contribution in [3.05, 3.63) is 18.3 Å². The van der Waals surface area contributed by atoms with E-state index in [1.807, 2.05) is 12.3 Å². The third kappa shape index (κ3) is 3.06. The summed E-state index contributed by atoms with van der Waals surface area (Å²) in [6.45, 7) is 6.98. The number of nitrogens with two attached hydrogens (primary N) is 1. The highest BCUT2D eigenvalue weighted by Gasteiger charge is 2.27. The number of nitrogen functional groups attached to an aromatic ring is 1. The van der Waals surface area contributed by atoms with E-state index in [0.29, 0.717) is 5.82 Å². The molecule has 0 aromatic carbocycles. The third-order valence-electron chi connectivity index (χ3n) is 4.95. The lowest BCUT2D eigenvalue weighted by molar-refractivity contribution is 0.133. The zero-order valence-corrected chi connectivity index (χ0v) is 12.5. The van der Waals surface area contributed by atoms with Crippen LogP contribution in [0.1, 0.15) is 32.6 Å². The van der Waals surface area contributed by atoms with Crippen molar-refractivity contribution in [2.75, 3.05) is 36.8 Å². The van der Waals surface area contributed by atoms with Crippen LogP contribution in [-0.4, -0.2) is 42.1 Å². The minimum atomic E-state index is 0.601. The monoisotopic (exact) mass is 274 g/mol. The summed E-state index contributed by atoms with van der Waals surface area (Å²) in [5.74, 6) is 1.54. The number of anilines is 2. The van der Waals surface area contributed by atoms with Gasteiger partial charge in [0.25, 0.3) is 0 Å². The van der Waals surface area contributed by atoms with Crippen molar-refractivity contribution in [3.63, 3.8) is 0 Å². The highest BCUT2D eigenvalue weighted by molar-refractivity contribution is 5.48. The van der Waals surface area contributed by atoms with Crippen LogP contribution in [0.3, 0.4) is 0 Å². The van der Waals surface area contributed by atoms with Crippen LogP contribution in [0, 0.1) is 5.92 Å². The quantitative estimate of drug-likeness (QED) is 0.899. The highest BCUT2D eigenvalue weighted by Crippen LogP contribution is 2.28. The normalized spacial score (nSPS) is 28.6. The molecule has 0 bridgehead atoms. The summed E-state index contributed by atoms with van der Waals surface area (Å²) >= 11 is 0. The lowest BCUT2D eigenvalue weighted by Crippen LogP contribution is -2.51. The standard InChI is InChI=1S/C16H26N4/c1-13-2-4-14(5-3-13)19-8-10-20(11-9-19)15-6-7-16(17)18-12-15/h6-7,12-14H,2-5,8-11H2,1H3,(H2,17,18). The molecule has 2 N–H and O–H groups in total. The summed E-state index contributed by atoms with van der Waals surface area (Å²) in [6, 6.07) is 4.81. The van der Waals surface area contributed by atoms with E-state index in [1.165, 1.54) is 44.5 Å². The van der Waals surface area contributed by atoms with E-state index in [0.717, 1.165) is 25.0 Å². The molecule has 0 atom stereocenters. The van der Waals surface area contributed by atoms with E-state index in [1.54, 1.807) is 0 Å². The molecule has 0 unspecified atom stereocenters. The lowest BCUT2D eigenvalue weighted by Gasteiger charge is -2.42. The summed E-state index contributed by atoms with van der Waals surface area (Å²) in [4.78, 5) is 9.32. The first-order valence-corrected chi connectivity index (χ1v) is 7.93. The Balaban J connectivity index is 1.53. The Morgan fingerprint density at radius 3 is 2.35 bits per heavy atom. The topological polar surface area (TPSA) is 45.4 Å². The predicted octanol–water partition coefficient (Wildman–Crippen LogP) is 2.36. The Labute approximate surface area is 122 Å². The average molecular weight is 274 g/mol. The number of hydrogen-bond acceptors (Lipinski definition) is 4. The molecule has 20 heavy (non-hydrogen) atoms. The van der Waals surface area contributed by atoms with Gasteiger partial charge in [0.15, 0.2) is 0 Å². The Bertz CT molecular complexity index is 415. The molecule has 0 amide bonds. The van der Waals surface area contributed by atoms with Crippen LogP contribution in [0.2, 0.25) is 0 Å². The van der Waals surface area contributed by atoms with Gasteiger partial charge in [-0.3, -0.25) is 4.90 Å². The second-order valence-corrected chi connectivity index (χ2v) is 6.38. The molecule has 1 aliphatic heterocycles. The highest BCUT2D eigenvalue weighted by atomic mass is 15.3. The Hall–Kier alpha value is -1.29. The maximum absolute atomic E-state index is 5.65. The van der Waals surface area contributed by atoms with Crippen molar-refractivity contribution in [3.8, 4) is 0 Å². The van der Waals surface area contributed by atoms with Crippen molar-refractivity contribution >= 4 is 11.5 Å². The molecule has 1 saturated carbocycles. The molecule has 4 nitrogen and oxygen atoms in total. The van der Waals surface area contributed by atoms with Gasteiger partial charge in [-0.05, 0) is 43.7 Å². The molecular formula is C16H26N4. The second-order valence-electron chi connectivity index (χ2n) is 6.38. The minimum absolute atomic E-state index is 0.601. The van der Waals surface area contributed by atoms with E-state index in [2.05, 4.69) is 27.8 Å². The maximum Gasteiger partial charge on any atom is 0.123 e. The summed E-state index contributed by atoms with van der Waals surface area (Å²) in [5, 5.41) is 0. The first kappa shape index (κ1) is 13.7. The number of piperazine rings is 1. The van der Waals surface area contributed by atoms with Crippen LogP contribution in [0.15, 0.2) is 18.3 Å². The molecular weight excluding hydrogens is 248 g/mol. The zero-order chi connectivity index (χ0) is 13.9. The van der Waals surface area contributed by atoms with Gasteiger partial charge in [-0.15, -0.1) is 0 Å². The smallest absolute Gasteiger partial charge is 0.123 e. The number of nitrogens with zero attached hydrogens (tertiary/aromatic N) is 3. The largest absolute Gasteiger partial charge is 0.384 e. The van der Waals surface area contributed by atoms with E-state index >= 15 is 0 Å². The third-order valence-corrected chi connectivity index (χ3v) is 4.95. The van der Waals surface area contributed by atoms with Gasteiger partial charge >= 0.3 is 0 Å². The molecule has 2 heterocycles. The summed E-state index contributed by atoms with van der Waals surface area (Å²) in [5.41, 5.74) is 6.85. The van der Waals surface area contributed by atoms with E-state index in [9.17, 15) is 0 Å². The molecule has 2 fully saturated rings. The molecule has 1 aromatic heterocycles. The first-order chi connectivity index (χ1) is 9.72. The lowest BCUT2D eigenvalue weighted by atomic mass is 9.86. The van der Waals surface area contributed by atoms with Gasteiger partial charge < -0.3 is 10.6 Å². The molecule has 1 aliphatic carbocycles. The van der Waals surface area contributed by atoms with E-state index in [4.69, 9.17) is 5.73 Å². The molecule has 1 aromatic rings. The molecule has 4 heteroatoms. The van der Waals surface area contributed by atoms with Crippen LogP contribution < -0.4 is 10.6 Å². The number of pyridine rings is 1. The van der Waals surface area contributed by atoms with Crippen LogP contribution in [0.4, 0.5) is 11.5 Å². The van der Waals surface area contributed by atoms with Gasteiger partial charge in [0.05, 0.1) is 11.9 Å². The number of aromatic nitrogens is 1. The minimum Gasteiger partial charge on any atom is -0.384 e. The van der Waals surface area contributed by atoms with Crippen molar-refractivity contribution in [2.24, 2.45) is 5.92 Å². The second kappa shape index (κ2) is 6.00. The molecule has 3 rings (SSSR count). The van der Waals surface area contributed by atoms with Crippen LogP contribution in [0.25, 0.3) is 0 Å². The fraction of sp³-hybridized carbons (Fsp3) is 0.688. The maximum atomic E-state index is 5.65. The van der Waals surface area contributed by atoms with Crippen LogP contribution >= 0.6 is 0 Å². The van der Waals surface area contributed by atoms with E-state index in [-0.39, 0.29) is 0 Å². The number of rotatable bonds is 2. The predicted molar refractivity (Wildman–Crippen MR) is 83.9 cm³/mol. The molecule has 110 valence electrons. The van der Waals surface area contributed by atoms with Gasteiger partial charge in [0.2, 0.25) is 0 Å².